The van der Waals surface area contributed by atoms with Crippen LogP contribution < -0.4 is 0 Å². The molecule has 18 rings (SSSR count). The number of furan rings is 1. The number of aromatic nitrogens is 4. The molecule has 0 saturated carbocycles. The monoisotopic (exact) mass is 1060 g/mol. The molecule has 8 heteroatoms. The molecule has 0 atom stereocenters. The standard InChI is InChI=1S/C74H40N6OS/c75-41-57-68(77-59-28-9-1-18-45(59)46-19-2-10-29-60(46)77)69(78-61-30-11-3-20-47(61)48-21-4-12-31-62(48)78)58(42-76)71(70(57)79-63-32-13-5-22-49(63)50-23-6-14-33-64(50)79)80-65-40-43(44-26-17-27-55-52-24-7-15-34-66(52)81-73(44)55)36-37-51(65)54-38-39-56-53-25-8-16-35-67(53)82-74(56)72(54)80/h1-40H. The number of para-hydroxylation sites is 8. The van der Waals surface area contributed by atoms with Crippen LogP contribution in [0.2, 0.25) is 0 Å². The van der Waals surface area contributed by atoms with Gasteiger partial charge in [0.15, 0.2) is 0 Å². The molecule has 0 amide bonds. The molecule has 0 aliphatic rings. The van der Waals surface area contributed by atoms with Gasteiger partial charge >= 0.3 is 0 Å². The van der Waals surface area contributed by atoms with Gasteiger partial charge in [0, 0.05) is 74.9 Å². The smallest absolute Gasteiger partial charge is 0.143 e. The van der Waals surface area contributed by atoms with Crippen molar-refractivity contribution < 1.29 is 4.42 Å². The lowest BCUT2D eigenvalue weighted by Crippen LogP contribution is -2.16. The molecule has 0 bridgehead atoms. The van der Waals surface area contributed by atoms with Gasteiger partial charge in [-0.1, -0.05) is 188 Å². The summed E-state index contributed by atoms with van der Waals surface area (Å²) in [4.78, 5) is 0. The molecule has 0 fully saturated rings. The Labute approximate surface area is 471 Å². The third-order valence-corrected chi connectivity index (χ3v) is 18.4. The molecular formula is C74H40N6OS. The SMILES string of the molecule is N#Cc1c(-n2c3ccccc3c3ccccc32)c(-n2c3ccccc3c3ccccc32)c(C#N)c(-n2c3cc(-c4cccc5c4oc4ccccc45)ccc3c3ccc4c5ccccc5sc4c32)c1-n1c2ccccc2c2ccccc21. The molecule has 0 unspecified atom stereocenters. The number of benzene rings is 12. The summed E-state index contributed by atoms with van der Waals surface area (Å²) < 4.78 is 18.2. The van der Waals surface area contributed by atoms with Crippen LogP contribution in [0, 0.1) is 22.7 Å². The zero-order valence-corrected chi connectivity index (χ0v) is 44.4. The van der Waals surface area contributed by atoms with Gasteiger partial charge in [0.1, 0.15) is 34.4 Å². The minimum atomic E-state index is 0.404. The molecule has 0 spiro atoms. The highest BCUT2D eigenvalue weighted by Crippen LogP contribution is 2.51. The van der Waals surface area contributed by atoms with E-state index in [1.165, 1.54) is 0 Å². The molecule has 0 aliphatic heterocycles. The Morgan fingerprint density at radius 3 is 1.21 bits per heavy atom. The van der Waals surface area contributed by atoms with E-state index < -0.39 is 0 Å². The number of nitrogens with zero attached hydrogens (tertiary/aromatic N) is 6. The Hall–Kier alpha value is -11.2. The third kappa shape index (κ3) is 5.84. The number of fused-ring (bicyclic) bond motifs is 19. The Balaban J connectivity index is 1.14. The molecule has 0 aliphatic carbocycles. The Morgan fingerprint density at radius 2 is 0.707 bits per heavy atom. The van der Waals surface area contributed by atoms with Gasteiger partial charge in [0.2, 0.25) is 0 Å². The average molecular weight is 1060 g/mol. The van der Waals surface area contributed by atoms with E-state index in [1.807, 2.05) is 12.1 Å². The topological polar surface area (TPSA) is 80.4 Å². The van der Waals surface area contributed by atoms with Crippen molar-refractivity contribution in [2.24, 2.45) is 0 Å². The van der Waals surface area contributed by atoms with E-state index in [1.54, 1.807) is 11.3 Å². The minimum Gasteiger partial charge on any atom is -0.455 e. The van der Waals surface area contributed by atoms with Crippen LogP contribution in [0.25, 0.3) is 163 Å². The van der Waals surface area contributed by atoms with Crippen molar-refractivity contribution in [3.8, 4) is 46.0 Å². The first-order valence-electron chi connectivity index (χ1n) is 27.5. The van der Waals surface area contributed by atoms with E-state index in [9.17, 15) is 10.5 Å². The third-order valence-electron chi connectivity index (χ3n) is 17.2. The van der Waals surface area contributed by atoms with Crippen LogP contribution in [0.1, 0.15) is 11.1 Å². The van der Waals surface area contributed by atoms with Gasteiger partial charge in [-0.25, -0.2) is 0 Å². The Bertz CT molecular complexity index is 5780. The van der Waals surface area contributed by atoms with Gasteiger partial charge in [-0.05, 0) is 60.2 Å². The molecule has 0 N–H and O–H groups in total. The number of nitriles is 2. The van der Waals surface area contributed by atoms with E-state index in [2.05, 4.69) is 261 Å². The Morgan fingerprint density at radius 1 is 0.317 bits per heavy atom. The maximum Gasteiger partial charge on any atom is 0.143 e. The number of rotatable bonds is 5. The first-order chi connectivity index (χ1) is 40.7. The lowest BCUT2D eigenvalue weighted by atomic mass is 9.98. The first-order valence-corrected chi connectivity index (χ1v) is 28.3. The molecule has 7 nitrogen and oxygen atoms in total. The average Bonchev–Trinajstić information content (AvgIpc) is 1.74. The van der Waals surface area contributed by atoms with Crippen LogP contribution in [0.5, 0.6) is 0 Å². The van der Waals surface area contributed by atoms with Gasteiger partial charge < -0.3 is 22.7 Å². The van der Waals surface area contributed by atoms with E-state index in [0.29, 0.717) is 33.9 Å². The molecule has 378 valence electrons. The van der Waals surface area contributed by atoms with Gasteiger partial charge in [0.25, 0.3) is 0 Å². The molecule has 0 saturated heterocycles. The Kier molecular flexibility index (Phi) is 9.11. The molecule has 6 heterocycles. The predicted octanol–water partition coefficient (Wildman–Crippen LogP) is 19.8. The maximum absolute atomic E-state index is 13.0. The lowest BCUT2D eigenvalue weighted by molar-refractivity contribution is 0.670. The van der Waals surface area contributed by atoms with Gasteiger partial charge in [-0.3, -0.25) is 0 Å². The van der Waals surface area contributed by atoms with Crippen molar-refractivity contribution in [3.63, 3.8) is 0 Å². The largest absolute Gasteiger partial charge is 0.455 e. The van der Waals surface area contributed by atoms with E-state index in [0.717, 1.165) is 140 Å². The van der Waals surface area contributed by atoms with Crippen molar-refractivity contribution >= 4 is 141 Å². The number of hydrogen-bond acceptors (Lipinski definition) is 4. The van der Waals surface area contributed by atoms with E-state index in [-0.39, 0.29) is 0 Å². The second-order valence-corrected chi connectivity index (χ2v) is 22.3. The van der Waals surface area contributed by atoms with Crippen LogP contribution in [-0.2, 0) is 0 Å². The molecule has 12 aromatic carbocycles. The summed E-state index contributed by atoms with van der Waals surface area (Å²) in [6.45, 7) is 0. The fraction of sp³-hybridized carbons (Fsp3) is 0. The summed E-state index contributed by atoms with van der Waals surface area (Å²) in [6.07, 6.45) is 0. The fourth-order valence-corrected chi connectivity index (χ4v) is 15.2. The second kappa shape index (κ2) is 16.7. The highest BCUT2D eigenvalue weighted by molar-refractivity contribution is 7.26. The normalized spacial score (nSPS) is 12.1. The summed E-state index contributed by atoms with van der Waals surface area (Å²) >= 11 is 1.76. The second-order valence-electron chi connectivity index (χ2n) is 21.3. The van der Waals surface area contributed by atoms with Crippen molar-refractivity contribution in [2.45, 2.75) is 0 Å². The number of thiophene rings is 1. The van der Waals surface area contributed by atoms with Gasteiger partial charge in [0.05, 0.1) is 71.6 Å². The molecule has 82 heavy (non-hydrogen) atoms. The van der Waals surface area contributed by atoms with Crippen molar-refractivity contribution in [1.29, 1.82) is 10.5 Å². The quantitative estimate of drug-likeness (QED) is 0.172. The van der Waals surface area contributed by atoms with Crippen LogP contribution in [0.3, 0.4) is 0 Å². The van der Waals surface area contributed by atoms with Crippen molar-refractivity contribution in [3.05, 3.63) is 254 Å². The molecule has 6 aromatic heterocycles. The van der Waals surface area contributed by atoms with Crippen LogP contribution in [0.15, 0.2) is 247 Å². The van der Waals surface area contributed by atoms with E-state index >= 15 is 0 Å². The summed E-state index contributed by atoms with van der Waals surface area (Å²) in [5.74, 6) is 0. The lowest BCUT2D eigenvalue weighted by Gasteiger charge is -2.27. The maximum atomic E-state index is 13.0. The fourth-order valence-electron chi connectivity index (χ4n) is 13.9. The van der Waals surface area contributed by atoms with Gasteiger partial charge in [-0.15, -0.1) is 11.3 Å². The van der Waals surface area contributed by atoms with Crippen LogP contribution in [-0.4, -0.2) is 18.3 Å². The van der Waals surface area contributed by atoms with Gasteiger partial charge in [-0.2, -0.15) is 10.5 Å². The highest BCUT2D eigenvalue weighted by Gasteiger charge is 2.35. The summed E-state index contributed by atoms with van der Waals surface area (Å²) in [5, 5.41) is 38.5. The molecule has 18 aromatic rings. The van der Waals surface area contributed by atoms with Crippen LogP contribution >= 0.6 is 11.3 Å². The zero-order valence-electron chi connectivity index (χ0n) is 43.6. The zero-order chi connectivity index (χ0) is 53.9. The van der Waals surface area contributed by atoms with E-state index in [4.69, 9.17) is 4.42 Å². The van der Waals surface area contributed by atoms with Crippen molar-refractivity contribution in [1.82, 2.24) is 18.3 Å². The number of hydrogen-bond donors (Lipinski definition) is 0. The molecular weight excluding hydrogens is 1020 g/mol. The van der Waals surface area contributed by atoms with Crippen molar-refractivity contribution in [2.75, 3.05) is 0 Å². The summed E-state index contributed by atoms with van der Waals surface area (Å²) in [5.41, 5.74) is 14.1. The summed E-state index contributed by atoms with van der Waals surface area (Å²) in [7, 11) is 0. The summed E-state index contributed by atoms with van der Waals surface area (Å²) in [6, 6.07) is 91.2. The minimum absolute atomic E-state index is 0.404. The highest BCUT2D eigenvalue weighted by atomic mass is 32.1. The predicted molar refractivity (Wildman–Crippen MR) is 339 cm³/mol. The first kappa shape index (κ1) is 44.8. The van der Waals surface area contributed by atoms with Crippen LogP contribution in [0.4, 0.5) is 0 Å². The molecule has 0 radical (unpaired) electrons.